The highest BCUT2D eigenvalue weighted by Gasteiger charge is 2.51. The van der Waals surface area contributed by atoms with E-state index in [0.717, 1.165) is 11.4 Å². The Morgan fingerprint density at radius 2 is 0.808 bits per heavy atom. The van der Waals surface area contributed by atoms with E-state index in [9.17, 15) is 0 Å². The molecule has 52 heavy (non-hydrogen) atoms. The molecule has 1 spiro atoms. The minimum Gasteiger partial charge on any atom is -0.311 e. The van der Waals surface area contributed by atoms with Crippen molar-refractivity contribution in [2.24, 2.45) is 0 Å². The highest BCUT2D eigenvalue weighted by molar-refractivity contribution is 8.00. The van der Waals surface area contributed by atoms with Crippen LogP contribution in [0.15, 0.2) is 210 Å². The topological polar surface area (TPSA) is 3.24 Å². The van der Waals surface area contributed by atoms with Crippen LogP contribution in [0.25, 0.3) is 22.3 Å². The monoisotopic (exact) mass is 711 g/mol. The molecule has 2 aliphatic heterocycles. The van der Waals surface area contributed by atoms with Crippen LogP contribution in [-0.4, -0.2) is 17.6 Å². The molecular formula is C48H33NSSi2. The summed E-state index contributed by atoms with van der Waals surface area (Å²) < 4.78 is 0. The van der Waals surface area contributed by atoms with Crippen LogP contribution in [0.2, 0.25) is 0 Å². The predicted molar refractivity (Wildman–Crippen MR) is 225 cm³/mol. The minimum absolute atomic E-state index is 0.535. The molecule has 0 amide bonds. The van der Waals surface area contributed by atoms with Crippen molar-refractivity contribution in [3.05, 3.63) is 200 Å². The predicted octanol–water partition coefficient (Wildman–Crippen LogP) is 8.30. The van der Waals surface area contributed by atoms with Crippen LogP contribution >= 0.6 is 11.8 Å². The van der Waals surface area contributed by atoms with Gasteiger partial charge in [0.25, 0.3) is 0 Å². The molecule has 0 bridgehead atoms. The van der Waals surface area contributed by atoms with Gasteiger partial charge >= 0.3 is 0 Å². The number of nitrogens with zero attached hydrogens (tertiary/aromatic N) is 1. The SMILES string of the molecule is c1ccc(-c2ccc(N(c3ccc(-c4ccccc4)cc3)c3cccc4c3[Si]c3ccccc3[Si]43c4ccccc4Sc4ccccc43)cc2)cc1. The summed E-state index contributed by atoms with van der Waals surface area (Å²) in [6.07, 6.45) is 0. The smallest absolute Gasteiger partial charge is 0.181 e. The first-order valence-electron chi connectivity index (χ1n) is 17.8. The van der Waals surface area contributed by atoms with Gasteiger partial charge in [-0.3, -0.25) is 0 Å². The van der Waals surface area contributed by atoms with Gasteiger partial charge in [0, 0.05) is 26.9 Å². The fourth-order valence-electron chi connectivity index (χ4n) is 8.24. The van der Waals surface area contributed by atoms with Crippen molar-refractivity contribution in [2.75, 3.05) is 4.90 Å². The Balaban J connectivity index is 1.22. The van der Waals surface area contributed by atoms with Crippen molar-refractivity contribution in [1.29, 1.82) is 0 Å². The zero-order valence-corrected chi connectivity index (χ0v) is 31.2. The molecule has 0 N–H and O–H groups in total. The van der Waals surface area contributed by atoms with Gasteiger partial charge in [0.15, 0.2) is 8.07 Å². The first-order chi connectivity index (χ1) is 25.8. The van der Waals surface area contributed by atoms with Crippen LogP contribution in [0, 0.1) is 0 Å². The molecule has 0 saturated heterocycles. The summed E-state index contributed by atoms with van der Waals surface area (Å²) in [5.74, 6) is 0. The van der Waals surface area contributed by atoms with E-state index in [-0.39, 0.29) is 0 Å². The van der Waals surface area contributed by atoms with E-state index in [1.165, 1.54) is 68.9 Å². The van der Waals surface area contributed by atoms with Gasteiger partial charge in [-0.25, -0.2) is 0 Å². The highest BCUT2D eigenvalue weighted by atomic mass is 32.2. The first kappa shape index (κ1) is 31.1. The maximum absolute atomic E-state index is 2.68. The molecule has 2 aliphatic rings. The van der Waals surface area contributed by atoms with Gasteiger partial charge in [0.1, 0.15) is 9.52 Å². The molecule has 2 radical (unpaired) electrons. The normalized spacial score (nSPS) is 13.4. The van der Waals surface area contributed by atoms with E-state index >= 15 is 0 Å². The van der Waals surface area contributed by atoms with Crippen LogP contribution in [0.1, 0.15) is 0 Å². The molecule has 8 aromatic carbocycles. The lowest BCUT2D eigenvalue weighted by molar-refractivity contribution is 1.29. The second-order valence-corrected chi connectivity index (χ2v) is 19.4. The molecule has 0 saturated carbocycles. The number of hydrogen-bond acceptors (Lipinski definition) is 2. The van der Waals surface area contributed by atoms with Gasteiger partial charge in [-0.2, -0.15) is 0 Å². The number of hydrogen-bond donors (Lipinski definition) is 0. The zero-order valence-electron chi connectivity index (χ0n) is 28.4. The summed E-state index contributed by atoms with van der Waals surface area (Å²) in [5.41, 5.74) is 8.44. The third-order valence-corrected chi connectivity index (χ3v) is 19.0. The van der Waals surface area contributed by atoms with Crippen molar-refractivity contribution in [3.8, 4) is 22.3 Å². The third kappa shape index (κ3) is 4.98. The third-order valence-electron chi connectivity index (χ3n) is 10.5. The van der Waals surface area contributed by atoms with Gasteiger partial charge in [0.05, 0.1) is 0 Å². The van der Waals surface area contributed by atoms with E-state index in [1.807, 2.05) is 11.8 Å². The summed E-state index contributed by atoms with van der Waals surface area (Å²) >= 11 is 1.93. The van der Waals surface area contributed by atoms with Crippen molar-refractivity contribution in [3.63, 3.8) is 0 Å². The van der Waals surface area contributed by atoms with Crippen LogP contribution in [0.3, 0.4) is 0 Å². The van der Waals surface area contributed by atoms with Crippen LogP contribution in [0.5, 0.6) is 0 Å². The van der Waals surface area contributed by atoms with E-state index in [1.54, 1.807) is 0 Å². The molecule has 0 atom stereocenters. The quantitative estimate of drug-likeness (QED) is 0.165. The van der Waals surface area contributed by atoms with Gasteiger partial charge in [0.2, 0.25) is 0 Å². The Kier molecular flexibility index (Phi) is 7.68. The Hall–Kier alpha value is -5.66. The fraction of sp³-hybridized carbons (Fsp3) is 0. The Bertz CT molecular complexity index is 2420. The molecule has 0 fully saturated rings. The van der Waals surface area contributed by atoms with Gasteiger partial charge < -0.3 is 4.90 Å². The summed E-state index contributed by atoms with van der Waals surface area (Å²) in [6.45, 7) is 0. The Labute approximate surface area is 313 Å². The lowest BCUT2D eigenvalue weighted by Gasteiger charge is -2.45. The standard InChI is InChI=1S/C48H33NSSi2/c1-3-14-34(15-4-1)36-26-30-38(31-27-36)49(39-32-28-37(29-33-39)35-16-5-2-6-17-35)40-18-13-25-47-48(40)51-43-21-9-12-24-46(43)52(47)44-22-10-7-19-41(44)50-42-20-8-11-23-45(42)52/h1-33H. The average molecular weight is 712 g/mol. The summed E-state index contributed by atoms with van der Waals surface area (Å²) in [4.78, 5) is 5.27. The van der Waals surface area contributed by atoms with Crippen molar-refractivity contribution >= 4 is 77.5 Å². The largest absolute Gasteiger partial charge is 0.311 e. The van der Waals surface area contributed by atoms with E-state index in [2.05, 4.69) is 205 Å². The molecule has 8 aromatic rings. The fourth-order valence-corrected chi connectivity index (χ4v) is 18.1. The zero-order chi connectivity index (χ0) is 34.5. The lowest BCUT2D eigenvalue weighted by Crippen LogP contribution is -2.84. The summed E-state index contributed by atoms with van der Waals surface area (Å²) in [6, 6.07) is 74.5. The Morgan fingerprint density at radius 1 is 0.365 bits per heavy atom. The Morgan fingerprint density at radius 3 is 1.37 bits per heavy atom. The molecule has 0 unspecified atom stereocenters. The second kappa shape index (κ2) is 12.8. The van der Waals surface area contributed by atoms with Crippen LogP contribution in [-0.2, 0) is 0 Å². The van der Waals surface area contributed by atoms with E-state index in [4.69, 9.17) is 0 Å². The molecule has 4 heteroatoms. The summed E-state index contributed by atoms with van der Waals surface area (Å²) in [7, 11) is -2.14. The highest BCUT2D eigenvalue weighted by Crippen LogP contribution is 2.38. The minimum atomic E-state index is -2.68. The number of fused-ring (bicyclic) bond motifs is 8. The van der Waals surface area contributed by atoms with Crippen LogP contribution < -0.4 is 36.0 Å². The number of anilines is 3. The molecular weight excluding hydrogens is 679 g/mol. The van der Waals surface area contributed by atoms with Gasteiger partial charge in [-0.15, -0.1) is 0 Å². The molecule has 10 rings (SSSR count). The molecule has 1 nitrogen and oxygen atoms in total. The van der Waals surface area contributed by atoms with Gasteiger partial charge in [-0.1, -0.05) is 175 Å². The average Bonchev–Trinajstić information content (AvgIpc) is 3.22. The molecule has 0 aliphatic carbocycles. The summed E-state index contributed by atoms with van der Waals surface area (Å²) in [5, 5.41) is 8.95. The number of benzene rings is 8. The maximum Gasteiger partial charge on any atom is 0.181 e. The molecule has 244 valence electrons. The first-order valence-corrected chi connectivity index (χ1v) is 21.6. The molecule has 0 aromatic heterocycles. The lowest BCUT2D eigenvalue weighted by atomic mass is 10.0. The van der Waals surface area contributed by atoms with Gasteiger partial charge in [-0.05, 0) is 90.7 Å². The van der Waals surface area contributed by atoms with E-state index < -0.39 is 8.07 Å². The second-order valence-electron chi connectivity index (χ2n) is 13.4. The van der Waals surface area contributed by atoms with Crippen molar-refractivity contribution in [1.82, 2.24) is 0 Å². The number of rotatable bonds is 5. The molecule has 2 heterocycles. The maximum atomic E-state index is 2.50. The van der Waals surface area contributed by atoms with Crippen molar-refractivity contribution < 1.29 is 0 Å². The van der Waals surface area contributed by atoms with Crippen LogP contribution in [0.4, 0.5) is 17.1 Å². The van der Waals surface area contributed by atoms with E-state index in [0.29, 0.717) is 9.52 Å². The van der Waals surface area contributed by atoms with Crippen molar-refractivity contribution in [2.45, 2.75) is 9.79 Å².